The maximum atomic E-state index is 13.4. The minimum Gasteiger partial charge on any atom is -0.368 e. The number of piperidine rings is 1. The molecule has 1 saturated heterocycles. The maximum Gasteiger partial charge on any atom is 0.125 e. The Balaban J connectivity index is 1.26. The number of H-pyrrole nitrogens is 1. The summed E-state index contributed by atoms with van der Waals surface area (Å²) in [6.07, 6.45) is 8.63. The highest BCUT2D eigenvalue weighted by Gasteiger charge is 2.42. The Kier molecular flexibility index (Phi) is 4.06. The van der Waals surface area contributed by atoms with Gasteiger partial charge in [0.2, 0.25) is 0 Å². The quantitative estimate of drug-likeness (QED) is 0.773. The molecule has 0 radical (unpaired) electrons. The molecule has 0 amide bonds. The third kappa shape index (κ3) is 3.07. The van der Waals surface area contributed by atoms with Crippen LogP contribution in [-0.4, -0.2) is 44.6 Å². The molecule has 0 bridgehead atoms. The molecule has 1 spiro atoms. The Morgan fingerprint density at radius 1 is 1.22 bits per heavy atom. The predicted octanol–water partition coefficient (Wildman–Crippen LogP) is 2.80. The van der Waals surface area contributed by atoms with Crippen molar-refractivity contribution in [3.05, 3.63) is 65.5 Å². The van der Waals surface area contributed by atoms with Crippen molar-refractivity contribution in [1.29, 1.82) is 0 Å². The van der Waals surface area contributed by atoms with E-state index in [1.165, 1.54) is 23.4 Å². The van der Waals surface area contributed by atoms with Gasteiger partial charge in [0, 0.05) is 31.4 Å². The van der Waals surface area contributed by atoms with Crippen molar-refractivity contribution in [2.75, 3.05) is 19.7 Å². The van der Waals surface area contributed by atoms with Crippen LogP contribution in [0.4, 0.5) is 4.39 Å². The van der Waals surface area contributed by atoms with Gasteiger partial charge in [0.05, 0.1) is 30.4 Å². The van der Waals surface area contributed by atoms with Gasteiger partial charge in [-0.1, -0.05) is 6.07 Å². The van der Waals surface area contributed by atoms with Crippen molar-refractivity contribution in [2.24, 2.45) is 0 Å². The van der Waals surface area contributed by atoms with Crippen LogP contribution < -0.4 is 0 Å². The second kappa shape index (κ2) is 6.58. The molecule has 2 aliphatic rings. The highest BCUT2D eigenvalue weighted by molar-refractivity contribution is 5.32. The van der Waals surface area contributed by atoms with E-state index in [9.17, 15) is 4.39 Å². The second-order valence-corrected chi connectivity index (χ2v) is 7.41. The molecule has 1 N–H and O–H groups in total. The summed E-state index contributed by atoms with van der Waals surface area (Å²) in [5, 5.41) is 11.8. The summed E-state index contributed by atoms with van der Waals surface area (Å²) in [4.78, 5) is 2.42. The van der Waals surface area contributed by atoms with Crippen molar-refractivity contribution in [3.8, 4) is 5.69 Å². The number of hydrogen-bond donors (Lipinski definition) is 1. The Bertz CT molecular complexity index is 941. The number of rotatable bonds is 3. The Morgan fingerprint density at radius 2 is 2.11 bits per heavy atom. The molecule has 1 fully saturated rings. The number of benzene rings is 1. The Morgan fingerprint density at radius 3 is 2.96 bits per heavy atom. The lowest BCUT2D eigenvalue weighted by Crippen LogP contribution is -2.46. The standard InChI is InChI=1S/C20H22FN5O/c21-17-2-1-3-18(10-17)26-14-15(11-23-26)13-25-7-5-20(6-8-25)19-16(4-9-27-20)12-22-24-19/h1-3,10-12,14H,4-9,13H2,(H,22,24). The van der Waals surface area contributed by atoms with Crippen LogP contribution in [0.3, 0.4) is 0 Å². The number of aromatic nitrogens is 4. The van der Waals surface area contributed by atoms with Gasteiger partial charge >= 0.3 is 0 Å². The molecule has 2 aromatic heterocycles. The first-order valence-electron chi connectivity index (χ1n) is 9.40. The average Bonchev–Trinajstić information content (AvgIpc) is 3.34. The van der Waals surface area contributed by atoms with Crippen LogP contribution >= 0.6 is 0 Å². The van der Waals surface area contributed by atoms with Gasteiger partial charge in [0.1, 0.15) is 11.4 Å². The zero-order valence-electron chi connectivity index (χ0n) is 15.1. The number of halogens is 1. The molecule has 6 nitrogen and oxygen atoms in total. The summed E-state index contributed by atoms with van der Waals surface area (Å²) in [7, 11) is 0. The first-order chi connectivity index (χ1) is 13.2. The number of ether oxygens (including phenoxy) is 1. The van der Waals surface area contributed by atoms with E-state index < -0.39 is 0 Å². The van der Waals surface area contributed by atoms with Gasteiger partial charge in [-0.3, -0.25) is 10.00 Å². The summed E-state index contributed by atoms with van der Waals surface area (Å²) in [5.74, 6) is -0.253. The summed E-state index contributed by atoms with van der Waals surface area (Å²) in [6, 6.07) is 6.48. The number of nitrogens with one attached hydrogen (secondary N) is 1. The van der Waals surface area contributed by atoms with Crippen molar-refractivity contribution >= 4 is 0 Å². The van der Waals surface area contributed by atoms with Gasteiger partial charge in [-0.15, -0.1) is 0 Å². The van der Waals surface area contributed by atoms with Crippen LogP contribution in [0.2, 0.25) is 0 Å². The van der Waals surface area contributed by atoms with Crippen molar-refractivity contribution in [2.45, 2.75) is 31.4 Å². The summed E-state index contributed by atoms with van der Waals surface area (Å²) >= 11 is 0. The van der Waals surface area contributed by atoms with Gasteiger partial charge in [-0.2, -0.15) is 10.2 Å². The smallest absolute Gasteiger partial charge is 0.125 e. The van der Waals surface area contributed by atoms with Gasteiger partial charge in [-0.25, -0.2) is 9.07 Å². The van der Waals surface area contributed by atoms with E-state index >= 15 is 0 Å². The zero-order chi connectivity index (χ0) is 18.3. The molecule has 140 valence electrons. The normalized spacial score (nSPS) is 19.3. The molecule has 7 heteroatoms. The summed E-state index contributed by atoms with van der Waals surface area (Å²) in [6.45, 7) is 3.53. The fraction of sp³-hybridized carbons (Fsp3) is 0.400. The first kappa shape index (κ1) is 16.6. The molecule has 0 unspecified atom stereocenters. The molecule has 2 aliphatic heterocycles. The van der Waals surface area contributed by atoms with Crippen molar-refractivity contribution in [3.63, 3.8) is 0 Å². The largest absolute Gasteiger partial charge is 0.368 e. The lowest BCUT2D eigenvalue weighted by molar-refractivity contribution is -0.102. The van der Waals surface area contributed by atoms with Crippen LogP contribution in [0.25, 0.3) is 5.69 Å². The summed E-state index contributed by atoms with van der Waals surface area (Å²) in [5.41, 5.74) is 4.13. The van der Waals surface area contributed by atoms with E-state index in [4.69, 9.17) is 4.74 Å². The molecular formula is C20H22FN5O. The molecule has 0 atom stereocenters. The van der Waals surface area contributed by atoms with Gasteiger partial charge in [-0.05, 0) is 43.0 Å². The fourth-order valence-electron chi connectivity index (χ4n) is 4.25. The van der Waals surface area contributed by atoms with Crippen molar-refractivity contribution in [1.82, 2.24) is 24.9 Å². The van der Waals surface area contributed by atoms with Crippen LogP contribution in [-0.2, 0) is 23.3 Å². The van der Waals surface area contributed by atoms with Crippen molar-refractivity contribution < 1.29 is 9.13 Å². The van der Waals surface area contributed by atoms with Crippen LogP contribution in [0.1, 0.15) is 29.7 Å². The highest BCUT2D eigenvalue weighted by atomic mass is 19.1. The SMILES string of the molecule is Fc1cccc(-n2cc(CN3CCC4(CC3)OCCc3cn[nH]c34)cn2)c1. The van der Waals surface area contributed by atoms with Gasteiger partial charge < -0.3 is 4.74 Å². The van der Waals surface area contributed by atoms with Crippen LogP contribution in [0.5, 0.6) is 0 Å². The molecular weight excluding hydrogens is 345 g/mol. The molecule has 1 aromatic carbocycles. The zero-order valence-corrected chi connectivity index (χ0v) is 15.1. The Labute approximate surface area is 156 Å². The summed E-state index contributed by atoms with van der Waals surface area (Å²) < 4.78 is 21.4. The molecule has 3 aromatic rings. The number of hydrogen-bond acceptors (Lipinski definition) is 4. The van der Waals surface area contributed by atoms with Crippen LogP contribution in [0, 0.1) is 5.82 Å². The lowest BCUT2D eigenvalue weighted by atomic mass is 9.84. The number of nitrogens with zero attached hydrogens (tertiary/aromatic N) is 4. The molecule has 0 saturated carbocycles. The minimum atomic E-state index is -0.253. The first-order valence-corrected chi connectivity index (χ1v) is 9.40. The minimum absolute atomic E-state index is 0.202. The van der Waals surface area contributed by atoms with E-state index in [1.807, 2.05) is 24.7 Å². The molecule has 27 heavy (non-hydrogen) atoms. The monoisotopic (exact) mass is 367 g/mol. The van der Waals surface area contributed by atoms with E-state index in [-0.39, 0.29) is 11.4 Å². The van der Waals surface area contributed by atoms with E-state index in [2.05, 4.69) is 20.2 Å². The van der Waals surface area contributed by atoms with E-state index in [0.717, 1.165) is 56.8 Å². The molecule has 5 rings (SSSR count). The second-order valence-electron chi connectivity index (χ2n) is 7.41. The van der Waals surface area contributed by atoms with E-state index in [0.29, 0.717) is 0 Å². The molecule has 0 aliphatic carbocycles. The molecule has 4 heterocycles. The lowest BCUT2D eigenvalue weighted by Gasteiger charge is -2.43. The maximum absolute atomic E-state index is 13.4. The van der Waals surface area contributed by atoms with E-state index in [1.54, 1.807) is 10.7 Å². The number of fused-ring (bicyclic) bond motifs is 2. The van der Waals surface area contributed by atoms with Gasteiger partial charge in [0.25, 0.3) is 0 Å². The average molecular weight is 367 g/mol. The topological polar surface area (TPSA) is 59.0 Å². The number of likely N-dealkylation sites (tertiary alicyclic amines) is 1. The Hall–Kier alpha value is -2.51. The predicted molar refractivity (Wildman–Crippen MR) is 98.0 cm³/mol. The highest BCUT2D eigenvalue weighted by Crippen LogP contribution is 2.40. The van der Waals surface area contributed by atoms with Crippen LogP contribution in [0.15, 0.2) is 42.9 Å². The van der Waals surface area contributed by atoms with Gasteiger partial charge in [0.15, 0.2) is 0 Å². The third-order valence-electron chi connectivity index (χ3n) is 5.70. The number of aromatic amines is 1. The third-order valence-corrected chi connectivity index (χ3v) is 5.70. The fourth-order valence-corrected chi connectivity index (χ4v) is 4.25.